The molecule has 4 rings (SSSR count). The van der Waals surface area contributed by atoms with Crippen molar-refractivity contribution in [2.24, 2.45) is 0 Å². The number of nitrogens with one attached hydrogen (secondary N) is 1. The molecule has 2 aliphatic heterocycles. The molecular formula is C24H27N3O6S. The van der Waals surface area contributed by atoms with Gasteiger partial charge in [-0.05, 0) is 61.9 Å². The molecule has 1 amide bonds. The van der Waals surface area contributed by atoms with E-state index in [2.05, 4.69) is 11.4 Å². The fourth-order valence-electron chi connectivity index (χ4n) is 4.18. The van der Waals surface area contributed by atoms with Crippen molar-refractivity contribution in [2.75, 3.05) is 13.1 Å². The molecule has 10 heteroatoms. The van der Waals surface area contributed by atoms with Crippen molar-refractivity contribution in [2.45, 2.75) is 49.1 Å². The smallest absolute Gasteiger partial charge is 0.335 e. The van der Waals surface area contributed by atoms with Crippen LogP contribution in [0, 0.1) is 18.3 Å². The number of benzene rings is 2. The molecule has 0 bridgehead atoms. The lowest BCUT2D eigenvalue weighted by molar-refractivity contribution is -0.133. The molecule has 0 unspecified atom stereocenters. The van der Waals surface area contributed by atoms with Crippen LogP contribution in [0.2, 0.25) is 0 Å². The molecule has 9 nitrogen and oxygen atoms in total. The average Bonchev–Trinajstić information content (AvgIpc) is 3.49. The largest absolute Gasteiger partial charge is 0.478 e. The van der Waals surface area contributed by atoms with Gasteiger partial charge in [-0.1, -0.05) is 29.8 Å². The first kappa shape index (κ1) is 25.4. The average molecular weight is 486 g/mol. The molecule has 0 aliphatic carbocycles. The van der Waals surface area contributed by atoms with Gasteiger partial charge in [0, 0.05) is 13.1 Å². The molecule has 2 fully saturated rings. The predicted octanol–water partition coefficient (Wildman–Crippen LogP) is 2.59. The highest BCUT2D eigenvalue weighted by Gasteiger charge is 2.37. The number of carbonyl (C=O) groups excluding carboxylic acids is 1. The Kier molecular flexibility index (Phi) is 8.04. The Hall–Kier alpha value is -3.26. The molecule has 3 N–H and O–H groups in total. The van der Waals surface area contributed by atoms with Gasteiger partial charge in [0.1, 0.15) is 6.04 Å². The summed E-state index contributed by atoms with van der Waals surface area (Å²) >= 11 is 0. The second kappa shape index (κ2) is 10.8. The number of hydrogen-bond donors (Lipinski definition) is 3. The van der Waals surface area contributed by atoms with Gasteiger partial charge in [-0.15, -0.1) is 0 Å². The van der Waals surface area contributed by atoms with Gasteiger partial charge in [0.05, 0.1) is 22.6 Å². The molecule has 2 aromatic carbocycles. The van der Waals surface area contributed by atoms with Crippen LogP contribution in [-0.2, 0) is 14.9 Å². The number of rotatable bonds is 4. The van der Waals surface area contributed by atoms with E-state index in [0.29, 0.717) is 19.5 Å². The standard InChI is InChI=1S/C17H19N3O3.C7H8O3S/c18-9-14-5-2-6-20(14)16(21)15-8-13(10-19-15)11-3-1-4-12(7-11)17(22)23;1-6-2-4-7(5-3-6)11(8,9)10/h1,3-4,7,13-15,19H,2,5-6,8,10H2,(H,22,23);2-5H,1H3,(H,8,9,10)/t13-,14-,15-;/m0./s1. The van der Waals surface area contributed by atoms with E-state index in [1.165, 1.54) is 12.1 Å². The van der Waals surface area contributed by atoms with E-state index in [1.54, 1.807) is 35.2 Å². The number of likely N-dealkylation sites (tertiary alicyclic amines) is 1. The highest BCUT2D eigenvalue weighted by Crippen LogP contribution is 2.28. The topological polar surface area (TPSA) is 148 Å². The van der Waals surface area contributed by atoms with Gasteiger partial charge in [0.25, 0.3) is 10.1 Å². The van der Waals surface area contributed by atoms with Crippen LogP contribution in [0.4, 0.5) is 0 Å². The van der Waals surface area contributed by atoms with Crippen molar-refractivity contribution >= 4 is 22.0 Å². The minimum Gasteiger partial charge on any atom is -0.478 e. The van der Waals surface area contributed by atoms with Crippen molar-refractivity contribution in [3.8, 4) is 6.07 Å². The number of aromatic carboxylic acids is 1. The Labute approximate surface area is 198 Å². The first-order valence-corrected chi connectivity index (χ1v) is 12.3. The molecule has 3 atom stereocenters. The van der Waals surface area contributed by atoms with Crippen LogP contribution in [0.25, 0.3) is 0 Å². The Balaban J connectivity index is 0.000000248. The third-order valence-corrected chi connectivity index (χ3v) is 6.91. The summed E-state index contributed by atoms with van der Waals surface area (Å²) in [5, 5.41) is 21.4. The molecule has 2 aromatic rings. The van der Waals surface area contributed by atoms with Crippen molar-refractivity contribution in [1.82, 2.24) is 10.2 Å². The maximum Gasteiger partial charge on any atom is 0.335 e. The van der Waals surface area contributed by atoms with E-state index in [-0.39, 0.29) is 34.4 Å². The van der Waals surface area contributed by atoms with E-state index in [0.717, 1.165) is 24.0 Å². The lowest BCUT2D eigenvalue weighted by Crippen LogP contribution is -2.45. The van der Waals surface area contributed by atoms with Crippen molar-refractivity contribution in [3.63, 3.8) is 0 Å². The van der Waals surface area contributed by atoms with Gasteiger partial charge in [-0.2, -0.15) is 13.7 Å². The molecule has 0 spiro atoms. The fourth-order valence-corrected chi connectivity index (χ4v) is 4.66. The highest BCUT2D eigenvalue weighted by atomic mass is 32.2. The first-order valence-electron chi connectivity index (χ1n) is 10.9. The Morgan fingerprint density at radius 1 is 1.18 bits per heavy atom. The van der Waals surface area contributed by atoms with Gasteiger partial charge in [-0.3, -0.25) is 9.35 Å². The lowest BCUT2D eigenvalue weighted by Gasteiger charge is -2.23. The van der Waals surface area contributed by atoms with E-state index in [4.69, 9.17) is 14.9 Å². The number of hydrogen-bond acceptors (Lipinski definition) is 6. The van der Waals surface area contributed by atoms with Gasteiger partial charge >= 0.3 is 5.97 Å². The fraction of sp³-hybridized carbons (Fsp3) is 0.375. The summed E-state index contributed by atoms with van der Waals surface area (Å²) in [6.07, 6.45) is 2.26. The van der Waals surface area contributed by atoms with Crippen molar-refractivity contribution in [1.29, 1.82) is 5.26 Å². The minimum absolute atomic E-state index is 0.00839. The summed E-state index contributed by atoms with van der Waals surface area (Å²) in [5.41, 5.74) is 2.16. The molecule has 0 radical (unpaired) electrons. The summed E-state index contributed by atoms with van der Waals surface area (Å²) in [7, 11) is -4.02. The van der Waals surface area contributed by atoms with Crippen LogP contribution >= 0.6 is 0 Å². The number of aryl methyl sites for hydroxylation is 1. The van der Waals surface area contributed by atoms with Crippen LogP contribution in [0.3, 0.4) is 0 Å². The van der Waals surface area contributed by atoms with Gasteiger partial charge in [0.15, 0.2) is 0 Å². The number of nitriles is 1. The van der Waals surface area contributed by atoms with E-state index < -0.39 is 16.1 Å². The van der Waals surface area contributed by atoms with Gasteiger partial charge in [-0.25, -0.2) is 4.79 Å². The summed E-state index contributed by atoms with van der Waals surface area (Å²) in [4.78, 5) is 25.3. The van der Waals surface area contributed by atoms with Crippen LogP contribution in [0.5, 0.6) is 0 Å². The van der Waals surface area contributed by atoms with E-state index in [9.17, 15) is 18.0 Å². The van der Waals surface area contributed by atoms with E-state index >= 15 is 0 Å². The number of carboxylic acid groups (broad SMARTS) is 1. The van der Waals surface area contributed by atoms with Crippen LogP contribution < -0.4 is 5.32 Å². The van der Waals surface area contributed by atoms with Gasteiger partial charge < -0.3 is 15.3 Å². The summed E-state index contributed by atoms with van der Waals surface area (Å²) in [6.45, 7) is 3.13. The highest BCUT2D eigenvalue weighted by molar-refractivity contribution is 7.85. The molecular weight excluding hydrogens is 458 g/mol. The van der Waals surface area contributed by atoms with E-state index in [1.807, 2.05) is 13.0 Å². The molecule has 34 heavy (non-hydrogen) atoms. The van der Waals surface area contributed by atoms with Crippen LogP contribution in [0.15, 0.2) is 53.4 Å². The second-order valence-electron chi connectivity index (χ2n) is 8.43. The monoisotopic (exact) mass is 485 g/mol. The van der Waals surface area contributed by atoms with Crippen molar-refractivity contribution < 1.29 is 27.7 Å². The Bertz CT molecular complexity index is 1190. The van der Waals surface area contributed by atoms with Crippen LogP contribution in [-0.4, -0.2) is 60.0 Å². The number of amides is 1. The first-order chi connectivity index (χ1) is 16.1. The Morgan fingerprint density at radius 3 is 2.50 bits per heavy atom. The predicted molar refractivity (Wildman–Crippen MR) is 124 cm³/mol. The van der Waals surface area contributed by atoms with Crippen molar-refractivity contribution in [3.05, 3.63) is 65.2 Å². The second-order valence-corrected chi connectivity index (χ2v) is 9.85. The third kappa shape index (κ3) is 6.20. The summed E-state index contributed by atoms with van der Waals surface area (Å²) in [5.74, 6) is -0.836. The molecule has 0 saturated carbocycles. The zero-order chi connectivity index (χ0) is 24.9. The number of nitrogens with zero attached hydrogens (tertiary/aromatic N) is 2. The zero-order valence-electron chi connectivity index (χ0n) is 18.7. The number of carboxylic acids is 1. The maximum absolute atomic E-state index is 12.6. The normalized spacial score (nSPS) is 21.9. The van der Waals surface area contributed by atoms with Crippen LogP contribution in [0.1, 0.15) is 46.7 Å². The zero-order valence-corrected chi connectivity index (χ0v) is 19.5. The Morgan fingerprint density at radius 2 is 1.88 bits per heavy atom. The third-order valence-electron chi connectivity index (χ3n) is 6.04. The molecule has 180 valence electrons. The molecule has 2 heterocycles. The molecule has 2 aliphatic rings. The maximum atomic E-state index is 12.6. The SMILES string of the molecule is Cc1ccc(S(=O)(=O)O)cc1.N#C[C@@H]1CCCN1C(=O)[C@@H]1C[C@H](c2cccc(C(=O)O)c2)CN1. The molecule has 0 aromatic heterocycles. The lowest BCUT2D eigenvalue weighted by atomic mass is 9.94. The summed E-state index contributed by atoms with van der Waals surface area (Å²) < 4.78 is 29.6. The number of carbonyl (C=O) groups is 2. The molecule has 2 saturated heterocycles. The quantitative estimate of drug-likeness (QED) is 0.560. The summed E-state index contributed by atoms with van der Waals surface area (Å²) in [6, 6.07) is 14.5. The minimum atomic E-state index is -4.02. The van der Waals surface area contributed by atoms with Gasteiger partial charge in [0.2, 0.25) is 5.91 Å².